The molecule has 1 aromatic rings. The van der Waals surface area contributed by atoms with Crippen LogP contribution in [0.25, 0.3) is 0 Å². The lowest BCUT2D eigenvalue weighted by atomic mass is 9.97. The summed E-state index contributed by atoms with van der Waals surface area (Å²) in [6.07, 6.45) is 1.21. The van der Waals surface area contributed by atoms with Gasteiger partial charge in [-0.3, -0.25) is 4.90 Å². The molecule has 0 fully saturated rings. The molecule has 18 heavy (non-hydrogen) atoms. The Balaban J connectivity index is 2.86. The molecule has 2 atom stereocenters. The predicted octanol–water partition coefficient (Wildman–Crippen LogP) is 3.36. The van der Waals surface area contributed by atoms with Crippen LogP contribution in [0.3, 0.4) is 0 Å². The molecule has 0 aromatic heterocycles. The Morgan fingerprint density at radius 1 is 1.17 bits per heavy atom. The van der Waals surface area contributed by atoms with Crippen LogP contribution >= 0.6 is 0 Å². The minimum atomic E-state index is 0.319. The molecule has 102 valence electrons. The molecular formula is C16H28N2. The standard InChI is InChI=1S/C16H28N2/c1-12(2)10-14(4)18(5)16(11-17)15-9-7-6-8-13(15)3/h6-9,12,14,16H,10-11,17H2,1-5H3. The van der Waals surface area contributed by atoms with E-state index in [0.29, 0.717) is 18.6 Å². The topological polar surface area (TPSA) is 29.3 Å². The summed E-state index contributed by atoms with van der Waals surface area (Å²) in [7, 11) is 2.19. The third-order valence-electron chi connectivity index (χ3n) is 3.77. The molecule has 2 nitrogen and oxygen atoms in total. The zero-order valence-electron chi connectivity index (χ0n) is 12.5. The van der Waals surface area contributed by atoms with Gasteiger partial charge in [-0.25, -0.2) is 0 Å². The third kappa shape index (κ3) is 3.82. The second kappa shape index (κ2) is 6.91. The largest absolute Gasteiger partial charge is 0.329 e. The van der Waals surface area contributed by atoms with Gasteiger partial charge < -0.3 is 5.73 Å². The first-order chi connectivity index (χ1) is 8.47. The van der Waals surface area contributed by atoms with Crippen LogP contribution in [-0.2, 0) is 0 Å². The second-order valence-electron chi connectivity index (χ2n) is 5.75. The third-order valence-corrected chi connectivity index (χ3v) is 3.77. The number of nitrogens with zero attached hydrogens (tertiary/aromatic N) is 1. The average molecular weight is 248 g/mol. The summed E-state index contributed by atoms with van der Waals surface area (Å²) in [6.45, 7) is 9.68. The van der Waals surface area contributed by atoms with Gasteiger partial charge in [0, 0.05) is 18.6 Å². The van der Waals surface area contributed by atoms with E-state index in [1.807, 2.05) is 0 Å². The number of hydrogen-bond donors (Lipinski definition) is 1. The Morgan fingerprint density at radius 3 is 2.28 bits per heavy atom. The van der Waals surface area contributed by atoms with E-state index in [4.69, 9.17) is 5.73 Å². The molecule has 2 heteroatoms. The molecule has 0 heterocycles. The van der Waals surface area contributed by atoms with E-state index in [9.17, 15) is 0 Å². The van der Waals surface area contributed by atoms with Crippen molar-refractivity contribution < 1.29 is 0 Å². The molecule has 0 bridgehead atoms. The van der Waals surface area contributed by atoms with E-state index in [2.05, 4.69) is 63.9 Å². The van der Waals surface area contributed by atoms with Gasteiger partial charge in [-0.05, 0) is 44.4 Å². The van der Waals surface area contributed by atoms with Crippen molar-refractivity contribution in [2.24, 2.45) is 11.7 Å². The highest BCUT2D eigenvalue weighted by Crippen LogP contribution is 2.25. The van der Waals surface area contributed by atoms with Crippen molar-refractivity contribution in [3.63, 3.8) is 0 Å². The SMILES string of the molecule is Cc1ccccc1C(CN)N(C)C(C)CC(C)C. The molecule has 0 saturated carbocycles. The first-order valence-electron chi connectivity index (χ1n) is 6.94. The Bertz CT molecular complexity index is 360. The van der Waals surface area contributed by atoms with Gasteiger partial charge in [-0.2, -0.15) is 0 Å². The molecule has 0 aliphatic carbocycles. The summed E-state index contributed by atoms with van der Waals surface area (Å²) >= 11 is 0. The first kappa shape index (κ1) is 15.2. The number of aryl methyl sites for hydroxylation is 1. The number of benzene rings is 1. The van der Waals surface area contributed by atoms with Crippen LogP contribution in [0.15, 0.2) is 24.3 Å². The van der Waals surface area contributed by atoms with Crippen molar-refractivity contribution in [2.75, 3.05) is 13.6 Å². The summed E-state index contributed by atoms with van der Waals surface area (Å²) in [5.74, 6) is 0.720. The summed E-state index contributed by atoms with van der Waals surface area (Å²) in [4.78, 5) is 2.42. The van der Waals surface area contributed by atoms with Gasteiger partial charge in [0.2, 0.25) is 0 Å². The van der Waals surface area contributed by atoms with Crippen molar-refractivity contribution >= 4 is 0 Å². The summed E-state index contributed by atoms with van der Waals surface area (Å²) in [6, 6.07) is 9.43. The number of hydrogen-bond acceptors (Lipinski definition) is 2. The van der Waals surface area contributed by atoms with Crippen molar-refractivity contribution in [3.05, 3.63) is 35.4 Å². The van der Waals surface area contributed by atoms with Gasteiger partial charge in [-0.1, -0.05) is 38.1 Å². The van der Waals surface area contributed by atoms with E-state index < -0.39 is 0 Å². The van der Waals surface area contributed by atoms with Crippen LogP contribution in [0.1, 0.15) is 44.4 Å². The van der Waals surface area contributed by atoms with Gasteiger partial charge in [0.1, 0.15) is 0 Å². The number of nitrogens with two attached hydrogens (primary N) is 1. The fourth-order valence-corrected chi connectivity index (χ4v) is 2.63. The van der Waals surface area contributed by atoms with Gasteiger partial charge in [-0.15, -0.1) is 0 Å². The van der Waals surface area contributed by atoms with Crippen LogP contribution in [0.4, 0.5) is 0 Å². The van der Waals surface area contributed by atoms with Gasteiger partial charge in [0.25, 0.3) is 0 Å². The monoisotopic (exact) mass is 248 g/mol. The Hall–Kier alpha value is -0.860. The lowest BCUT2D eigenvalue weighted by Crippen LogP contribution is -2.38. The second-order valence-corrected chi connectivity index (χ2v) is 5.75. The van der Waals surface area contributed by atoms with E-state index in [-0.39, 0.29) is 0 Å². The molecule has 0 radical (unpaired) electrons. The Morgan fingerprint density at radius 2 is 1.78 bits per heavy atom. The number of rotatable bonds is 6. The lowest BCUT2D eigenvalue weighted by Gasteiger charge is -2.34. The predicted molar refractivity (Wildman–Crippen MR) is 79.7 cm³/mol. The van der Waals surface area contributed by atoms with Crippen LogP contribution in [0.2, 0.25) is 0 Å². The zero-order valence-corrected chi connectivity index (χ0v) is 12.5. The summed E-state index contributed by atoms with van der Waals surface area (Å²) in [5, 5.41) is 0. The van der Waals surface area contributed by atoms with Crippen molar-refractivity contribution in [1.82, 2.24) is 4.90 Å². The molecular weight excluding hydrogens is 220 g/mol. The fraction of sp³-hybridized carbons (Fsp3) is 0.625. The van der Waals surface area contributed by atoms with E-state index in [0.717, 1.165) is 5.92 Å². The van der Waals surface area contributed by atoms with E-state index in [1.165, 1.54) is 17.5 Å². The average Bonchev–Trinajstić information content (AvgIpc) is 2.31. The maximum atomic E-state index is 6.00. The molecule has 0 spiro atoms. The quantitative estimate of drug-likeness (QED) is 0.836. The van der Waals surface area contributed by atoms with E-state index >= 15 is 0 Å². The molecule has 0 aliphatic rings. The van der Waals surface area contributed by atoms with E-state index in [1.54, 1.807) is 0 Å². The normalized spacial score (nSPS) is 15.1. The van der Waals surface area contributed by atoms with Gasteiger partial charge >= 0.3 is 0 Å². The maximum Gasteiger partial charge on any atom is 0.0472 e. The number of likely N-dealkylation sites (N-methyl/N-ethyl adjacent to an activating group) is 1. The smallest absolute Gasteiger partial charge is 0.0472 e. The molecule has 0 aliphatic heterocycles. The highest BCUT2D eigenvalue weighted by atomic mass is 15.2. The summed E-state index contributed by atoms with van der Waals surface area (Å²) < 4.78 is 0. The Kier molecular flexibility index (Phi) is 5.83. The molecule has 1 aromatic carbocycles. The first-order valence-corrected chi connectivity index (χ1v) is 6.94. The minimum Gasteiger partial charge on any atom is -0.329 e. The fourth-order valence-electron chi connectivity index (χ4n) is 2.63. The lowest BCUT2D eigenvalue weighted by molar-refractivity contribution is 0.168. The maximum absolute atomic E-state index is 6.00. The van der Waals surface area contributed by atoms with Crippen LogP contribution in [0, 0.1) is 12.8 Å². The van der Waals surface area contributed by atoms with Gasteiger partial charge in [0.05, 0.1) is 0 Å². The highest BCUT2D eigenvalue weighted by Gasteiger charge is 2.21. The van der Waals surface area contributed by atoms with Crippen molar-refractivity contribution in [2.45, 2.75) is 46.2 Å². The zero-order chi connectivity index (χ0) is 13.7. The van der Waals surface area contributed by atoms with Gasteiger partial charge in [0.15, 0.2) is 0 Å². The van der Waals surface area contributed by atoms with Crippen LogP contribution < -0.4 is 5.73 Å². The molecule has 2 N–H and O–H groups in total. The van der Waals surface area contributed by atoms with Crippen molar-refractivity contribution in [1.29, 1.82) is 0 Å². The van der Waals surface area contributed by atoms with Crippen LogP contribution in [0.5, 0.6) is 0 Å². The molecule has 0 saturated heterocycles. The minimum absolute atomic E-state index is 0.319. The molecule has 2 unspecified atom stereocenters. The van der Waals surface area contributed by atoms with Crippen molar-refractivity contribution in [3.8, 4) is 0 Å². The molecule has 1 rings (SSSR count). The molecule has 0 amide bonds. The summed E-state index contributed by atoms with van der Waals surface area (Å²) in [5.41, 5.74) is 8.69. The Labute approximate surface area is 112 Å². The highest BCUT2D eigenvalue weighted by molar-refractivity contribution is 5.29. The van der Waals surface area contributed by atoms with Crippen LogP contribution in [-0.4, -0.2) is 24.5 Å².